The number of carboxylic acid groups (broad SMARTS) is 1. The van der Waals surface area contributed by atoms with Crippen molar-refractivity contribution in [3.05, 3.63) is 10.6 Å². The number of aromatic nitrogens is 1. The summed E-state index contributed by atoms with van der Waals surface area (Å²) < 4.78 is 4.87. The number of anilines is 1. The molecule has 0 aliphatic rings. The van der Waals surface area contributed by atoms with Crippen LogP contribution in [0.3, 0.4) is 0 Å². The van der Waals surface area contributed by atoms with E-state index in [-0.39, 0.29) is 11.5 Å². The maximum absolute atomic E-state index is 10.8. The van der Waals surface area contributed by atoms with Gasteiger partial charge in [0, 0.05) is 21.2 Å². The summed E-state index contributed by atoms with van der Waals surface area (Å²) in [5, 5.41) is 9.56. The molecule has 14 heavy (non-hydrogen) atoms. The molecule has 0 aromatic carbocycles. The first-order valence-corrected chi connectivity index (χ1v) is 4.77. The maximum Gasteiger partial charge on any atom is 0.347 e. The van der Waals surface area contributed by atoms with Crippen molar-refractivity contribution in [3.8, 4) is 0 Å². The van der Waals surface area contributed by atoms with E-state index in [4.69, 9.17) is 9.84 Å². The summed E-state index contributed by atoms with van der Waals surface area (Å²) in [6, 6.07) is 0. The lowest BCUT2D eigenvalue weighted by Crippen LogP contribution is -2.08. The van der Waals surface area contributed by atoms with Gasteiger partial charge in [0.05, 0.1) is 12.3 Å². The molecule has 1 heterocycles. The van der Waals surface area contributed by atoms with Crippen molar-refractivity contribution in [2.75, 3.05) is 26.1 Å². The van der Waals surface area contributed by atoms with E-state index in [1.165, 1.54) is 7.11 Å². The van der Waals surface area contributed by atoms with Gasteiger partial charge in [-0.05, 0) is 0 Å². The van der Waals surface area contributed by atoms with Crippen molar-refractivity contribution in [2.24, 2.45) is 0 Å². The fourth-order valence-corrected chi connectivity index (χ4v) is 1.76. The Labute approximate surface area is 85.9 Å². The van der Waals surface area contributed by atoms with E-state index < -0.39 is 5.97 Å². The van der Waals surface area contributed by atoms with E-state index in [0.717, 1.165) is 11.3 Å². The molecule has 0 saturated heterocycles. The Hall–Kier alpha value is -1.14. The molecule has 0 bridgehead atoms. The molecule has 78 valence electrons. The van der Waals surface area contributed by atoms with Crippen molar-refractivity contribution < 1.29 is 14.6 Å². The smallest absolute Gasteiger partial charge is 0.347 e. The summed E-state index contributed by atoms with van der Waals surface area (Å²) in [7, 11) is 5.16. The number of ether oxygens (including phenoxy) is 1. The Bertz CT molecular complexity index is 335. The van der Waals surface area contributed by atoms with Crippen LogP contribution in [0.1, 0.15) is 15.4 Å². The molecular weight excluding hydrogens is 204 g/mol. The molecule has 0 fully saturated rings. The second-order valence-electron chi connectivity index (χ2n) is 2.90. The number of carbonyl (C=O) groups is 1. The lowest BCUT2D eigenvalue weighted by Gasteiger charge is -2.05. The molecule has 0 radical (unpaired) electrons. The normalized spacial score (nSPS) is 10.2. The molecule has 0 aliphatic carbocycles. The second-order valence-corrected chi connectivity index (χ2v) is 3.88. The third-order valence-electron chi connectivity index (χ3n) is 1.54. The van der Waals surface area contributed by atoms with Crippen molar-refractivity contribution in [3.63, 3.8) is 0 Å². The highest BCUT2D eigenvalue weighted by molar-refractivity contribution is 7.17. The number of nitrogens with zero attached hydrogens (tertiary/aromatic N) is 2. The predicted octanol–water partition coefficient (Wildman–Crippen LogP) is 1.05. The molecule has 1 aromatic rings. The van der Waals surface area contributed by atoms with Gasteiger partial charge in [0.15, 0.2) is 5.13 Å². The van der Waals surface area contributed by atoms with Gasteiger partial charge in [0.2, 0.25) is 0 Å². The van der Waals surface area contributed by atoms with Crippen LogP contribution >= 0.6 is 11.3 Å². The number of rotatable bonds is 4. The van der Waals surface area contributed by atoms with Crippen molar-refractivity contribution >= 4 is 22.4 Å². The van der Waals surface area contributed by atoms with Gasteiger partial charge >= 0.3 is 5.97 Å². The first-order valence-electron chi connectivity index (χ1n) is 3.95. The molecule has 1 aromatic heterocycles. The Morgan fingerprint density at radius 1 is 1.64 bits per heavy atom. The number of carboxylic acids is 1. The van der Waals surface area contributed by atoms with E-state index in [2.05, 4.69) is 4.98 Å². The average molecular weight is 216 g/mol. The summed E-state index contributed by atoms with van der Waals surface area (Å²) in [4.78, 5) is 17.0. The summed E-state index contributed by atoms with van der Waals surface area (Å²) in [6.07, 6.45) is 0. The minimum absolute atomic E-state index is 0.228. The molecule has 0 spiro atoms. The summed E-state index contributed by atoms with van der Waals surface area (Å²) in [5.41, 5.74) is 0.480. The number of hydrogen-bond acceptors (Lipinski definition) is 5. The minimum atomic E-state index is -0.956. The molecule has 1 rings (SSSR count). The Kier molecular flexibility index (Phi) is 3.43. The zero-order valence-electron chi connectivity index (χ0n) is 8.27. The fraction of sp³-hybridized carbons (Fsp3) is 0.500. The van der Waals surface area contributed by atoms with Crippen LogP contribution in [0.15, 0.2) is 0 Å². The number of aromatic carboxylic acids is 1. The molecule has 0 unspecified atom stereocenters. The summed E-state index contributed by atoms with van der Waals surface area (Å²) in [5.74, 6) is -0.956. The van der Waals surface area contributed by atoms with Gasteiger partial charge < -0.3 is 14.7 Å². The average Bonchev–Trinajstić information content (AvgIpc) is 2.49. The van der Waals surface area contributed by atoms with Crippen LogP contribution in [0, 0.1) is 0 Å². The Balaban J connectivity index is 3.05. The van der Waals surface area contributed by atoms with Gasteiger partial charge in [-0.1, -0.05) is 11.3 Å². The second kappa shape index (κ2) is 4.39. The van der Waals surface area contributed by atoms with E-state index >= 15 is 0 Å². The third-order valence-corrected chi connectivity index (χ3v) is 2.80. The van der Waals surface area contributed by atoms with Crippen LogP contribution < -0.4 is 4.90 Å². The van der Waals surface area contributed by atoms with Gasteiger partial charge in [-0.2, -0.15) is 0 Å². The highest BCUT2D eigenvalue weighted by Crippen LogP contribution is 2.25. The molecule has 0 atom stereocenters. The fourth-order valence-electron chi connectivity index (χ4n) is 0.932. The van der Waals surface area contributed by atoms with Crippen LogP contribution in [0.4, 0.5) is 5.13 Å². The molecule has 5 nitrogen and oxygen atoms in total. The van der Waals surface area contributed by atoms with Crippen LogP contribution in [0.2, 0.25) is 0 Å². The summed E-state index contributed by atoms with van der Waals surface area (Å²) in [6.45, 7) is 0.228. The minimum Gasteiger partial charge on any atom is -0.477 e. The number of methoxy groups -OCH3 is 1. The van der Waals surface area contributed by atoms with E-state index in [1.54, 1.807) is 4.90 Å². The highest BCUT2D eigenvalue weighted by atomic mass is 32.1. The van der Waals surface area contributed by atoms with Gasteiger partial charge in [0.1, 0.15) is 4.88 Å². The first-order chi connectivity index (χ1) is 6.56. The van der Waals surface area contributed by atoms with Crippen molar-refractivity contribution in [1.82, 2.24) is 4.98 Å². The van der Waals surface area contributed by atoms with E-state index in [9.17, 15) is 4.79 Å². The topological polar surface area (TPSA) is 62.7 Å². The monoisotopic (exact) mass is 216 g/mol. The zero-order chi connectivity index (χ0) is 10.7. The predicted molar refractivity (Wildman–Crippen MR) is 54.1 cm³/mol. The van der Waals surface area contributed by atoms with Crippen molar-refractivity contribution in [1.29, 1.82) is 0 Å². The molecule has 0 aliphatic heterocycles. The highest BCUT2D eigenvalue weighted by Gasteiger charge is 2.17. The third kappa shape index (κ3) is 2.21. The largest absolute Gasteiger partial charge is 0.477 e. The standard InChI is InChI=1S/C8H12N2O3S/c1-10(2)8-9-5(4-13-3)6(14-8)7(11)12/h4H2,1-3H3,(H,11,12). The Morgan fingerprint density at radius 2 is 2.29 bits per heavy atom. The van der Waals surface area contributed by atoms with Gasteiger partial charge in [-0.15, -0.1) is 0 Å². The van der Waals surface area contributed by atoms with Gasteiger partial charge in [-0.25, -0.2) is 9.78 Å². The molecule has 1 N–H and O–H groups in total. The zero-order valence-corrected chi connectivity index (χ0v) is 9.09. The van der Waals surface area contributed by atoms with Crippen LogP contribution in [0.5, 0.6) is 0 Å². The van der Waals surface area contributed by atoms with Crippen LogP contribution in [-0.4, -0.2) is 37.3 Å². The van der Waals surface area contributed by atoms with Gasteiger partial charge in [-0.3, -0.25) is 0 Å². The van der Waals surface area contributed by atoms with Crippen LogP contribution in [0.25, 0.3) is 0 Å². The summed E-state index contributed by atoms with van der Waals surface area (Å²) >= 11 is 1.15. The molecular formula is C8H12N2O3S. The molecule has 0 saturated carbocycles. The lowest BCUT2D eigenvalue weighted by molar-refractivity contribution is 0.0697. The molecule has 6 heteroatoms. The maximum atomic E-state index is 10.8. The SMILES string of the molecule is COCc1nc(N(C)C)sc1C(=O)O. The van der Waals surface area contributed by atoms with Crippen LogP contribution in [-0.2, 0) is 11.3 Å². The van der Waals surface area contributed by atoms with E-state index in [0.29, 0.717) is 10.8 Å². The molecule has 0 amide bonds. The number of thiazole rings is 1. The van der Waals surface area contributed by atoms with E-state index in [1.807, 2.05) is 14.1 Å². The van der Waals surface area contributed by atoms with Crippen molar-refractivity contribution in [2.45, 2.75) is 6.61 Å². The quantitative estimate of drug-likeness (QED) is 0.815. The van der Waals surface area contributed by atoms with Gasteiger partial charge in [0.25, 0.3) is 0 Å². The lowest BCUT2D eigenvalue weighted by atomic mass is 10.4. The number of hydrogen-bond donors (Lipinski definition) is 1. The Morgan fingerprint density at radius 3 is 2.71 bits per heavy atom. The first kappa shape index (κ1) is 10.9.